The Balaban J connectivity index is 1.51. The fourth-order valence-electron chi connectivity index (χ4n) is 3.76. The molecule has 1 N–H and O–H groups in total. The van der Waals surface area contributed by atoms with Crippen molar-refractivity contribution in [3.63, 3.8) is 0 Å². The molecule has 142 valence electrons. The van der Waals surface area contributed by atoms with Crippen LogP contribution in [-0.2, 0) is 0 Å². The molecule has 0 spiro atoms. The molecule has 1 aliphatic heterocycles. The molecule has 0 saturated carbocycles. The van der Waals surface area contributed by atoms with Crippen LogP contribution in [0.3, 0.4) is 0 Å². The van der Waals surface area contributed by atoms with Gasteiger partial charge < -0.3 is 14.6 Å². The average molecular weight is 377 g/mol. The number of nitrogens with one attached hydrogen (secondary N) is 1. The first kappa shape index (κ1) is 17.0. The van der Waals surface area contributed by atoms with Crippen molar-refractivity contribution in [1.29, 1.82) is 0 Å². The molecule has 1 aliphatic rings. The molecule has 0 aliphatic carbocycles. The van der Waals surface area contributed by atoms with Crippen LogP contribution in [0.4, 0.5) is 10.1 Å². The van der Waals surface area contributed by atoms with Crippen LogP contribution in [0.5, 0.6) is 0 Å². The SMILES string of the molecule is CNC1CCN(c2cnc3nc(-c4cc(F)c5nc(C)cn5c4)ncc3c2)C1. The maximum absolute atomic E-state index is 14.4. The highest BCUT2D eigenvalue weighted by Crippen LogP contribution is 2.25. The summed E-state index contributed by atoms with van der Waals surface area (Å²) in [6, 6.07) is 3.98. The Bertz CT molecular complexity index is 1190. The summed E-state index contributed by atoms with van der Waals surface area (Å²) in [6.07, 6.45) is 8.28. The first-order valence-corrected chi connectivity index (χ1v) is 9.31. The van der Waals surface area contributed by atoms with E-state index >= 15 is 0 Å². The van der Waals surface area contributed by atoms with E-state index in [1.807, 2.05) is 20.2 Å². The molecule has 5 heterocycles. The standard InChI is InChI=1S/C20H20FN7/c1-12-9-28-10-14(6-17(21)20(28)25-12)19-23-7-13-5-16(8-24-18(13)26-19)27-4-3-15(11-27)22-2/h5-10,15,22H,3-4,11H2,1-2H3. The molecule has 0 radical (unpaired) electrons. The van der Waals surface area contributed by atoms with E-state index in [0.717, 1.165) is 36.3 Å². The number of pyridine rings is 2. The quantitative estimate of drug-likeness (QED) is 0.592. The normalized spacial score (nSPS) is 17.1. The van der Waals surface area contributed by atoms with E-state index in [1.165, 1.54) is 6.07 Å². The van der Waals surface area contributed by atoms with Crippen molar-refractivity contribution in [2.45, 2.75) is 19.4 Å². The zero-order valence-electron chi connectivity index (χ0n) is 15.7. The number of rotatable bonds is 3. The Morgan fingerprint density at radius 1 is 1.14 bits per heavy atom. The van der Waals surface area contributed by atoms with Crippen LogP contribution in [0.2, 0.25) is 0 Å². The van der Waals surface area contributed by atoms with Gasteiger partial charge in [0.2, 0.25) is 0 Å². The third kappa shape index (κ3) is 2.86. The zero-order valence-corrected chi connectivity index (χ0v) is 15.7. The Labute approximate surface area is 161 Å². The minimum Gasteiger partial charge on any atom is -0.369 e. The smallest absolute Gasteiger partial charge is 0.173 e. The second-order valence-electron chi connectivity index (χ2n) is 7.21. The van der Waals surface area contributed by atoms with Crippen LogP contribution in [0.25, 0.3) is 28.1 Å². The Hall–Kier alpha value is -3.13. The molecular weight excluding hydrogens is 357 g/mol. The molecule has 5 rings (SSSR count). The molecule has 7 nitrogen and oxygen atoms in total. The van der Waals surface area contributed by atoms with E-state index in [9.17, 15) is 4.39 Å². The fourth-order valence-corrected chi connectivity index (χ4v) is 3.76. The van der Waals surface area contributed by atoms with E-state index in [1.54, 1.807) is 23.0 Å². The lowest BCUT2D eigenvalue weighted by Crippen LogP contribution is -2.29. The minimum atomic E-state index is -0.397. The molecule has 28 heavy (non-hydrogen) atoms. The fraction of sp³-hybridized carbons (Fsp3) is 0.300. The molecule has 1 unspecified atom stereocenters. The van der Waals surface area contributed by atoms with E-state index in [-0.39, 0.29) is 0 Å². The number of hydrogen-bond acceptors (Lipinski definition) is 6. The second-order valence-corrected chi connectivity index (χ2v) is 7.21. The Morgan fingerprint density at radius 2 is 2.04 bits per heavy atom. The van der Waals surface area contributed by atoms with Crippen molar-refractivity contribution in [2.24, 2.45) is 0 Å². The van der Waals surface area contributed by atoms with Crippen molar-refractivity contribution in [3.05, 3.63) is 48.4 Å². The summed E-state index contributed by atoms with van der Waals surface area (Å²) in [4.78, 5) is 20.0. The van der Waals surface area contributed by atoms with Gasteiger partial charge in [-0.1, -0.05) is 0 Å². The predicted molar refractivity (Wildman–Crippen MR) is 106 cm³/mol. The third-order valence-electron chi connectivity index (χ3n) is 5.27. The van der Waals surface area contributed by atoms with Crippen LogP contribution in [0.1, 0.15) is 12.1 Å². The molecule has 1 saturated heterocycles. The molecule has 8 heteroatoms. The zero-order chi connectivity index (χ0) is 19.3. The number of hydrogen-bond donors (Lipinski definition) is 1. The van der Waals surface area contributed by atoms with Crippen molar-refractivity contribution in [1.82, 2.24) is 29.7 Å². The summed E-state index contributed by atoms with van der Waals surface area (Å²) >= 11 is 0. The van der Waals surface area contributed by atoms with Gasteiger partial charge in [0, 0.05) is 48.7 Å². The molecule has 0 aromatic carbocycles. The van der Waals surface area contributed by atoms with Gasteiger partial charge in [-0.05, 0) is 32.5 Å². The Kier molecular flexibility index (Phi) is 3.94. The first-order chi connectivity index (χ1) is 13.6. The summed E-state index contributed by atoms with van der Waals surface area (Å²) in [6.45, 7) is 3.80. The van der Waals surface area contributed by atoms with Crippen LogP contribution in [-0.4, -0.2) is 50.5 Å². The topological polar surface area (TPSA) is 71.2 Å². The number of aryl methyl sites for hydroxylation is 1. The summed E-state index contributed by atoms with van der Waals surface area (Å²) in [5, 5.41) is 4.19. The third-order valence-corrected chi connectivity index (χ3v) is 5.27. The van der Waals surface area contributed by atoms with Crippen molar-refractivity contribution in [2.75, 3.05) is 25.0 Å². The highest BCUT2D eigenvalue weighted by molar-refractivity contribution is 5.79. The maximum atomic E-state index is 14.4. The Morgan fingerprint density at radius 3 is 2.86 bits per heavy atom. The van der Waals surface area contributed by atoms with Crippen LogP contribution < -0.4 is 10.2 Å². The number of nitrogens with zero attached hydrogens (tertiary/aromatic N) is 6. The molecule has 1 fully saturated rings. The van der Waals surface area contributed by atoms with Gasteiger partial charge >= 0.3 is 0 Å². The van der Waals surface area contributed by atoms with Gasteiger partial charge in [0.25, 0.3) is 0 Å². The number of imidazole rings is 1. The van der Waals surface area contributed by atoms with Gasteiger partial charge in [0.05, 0.1) is 17.6 Å². The number of fused-ring (bicyclic) bond motifs is 2. The summed E-state index contributed by atoms with van der Waals surface area (Å²) in [7, 11) is 1.99. The molecule has 0 bridgehead atoms. The van der Waals surface area contributed by atoms with Crippen LogP contribution in [0, 0.1) is 12.7 Å². The average Bonchev–Trinajstić information content (AvgIpc) is 3.33. The van der Waals surface area contributed by atoms with Gasteiger partial charge in [-0.15, -0.1) is 0 Å². The lowest BCUT2D eigenvalue weighted by molar-refractivity contribution is 0.617. The van der Waals surface area contributed by atoms with Crippen LogP contribution >= 0.6 is 0 Å². The summed E-state index contributed by atoms with van der Waals surface area (Å²) in [5.74, 6) is 0.0436. The van der Waals surface area contributed by atoms with Gasteiger partial charge in [-0.2, -0.15) is 0 Å². The number of aromatic nitrogens is 5. The van der Waals surface area contributed by atoms with Gasteiger partial charge in [0.15, 0.2) is 22.9 Å². The lowest BCUT2D eigenvalue weighted by atomic mass is 10.2. The highest BCUT2D eigenvalue weighted by atomic mass is 19.1. The van der Waals surface area contributed by atoms with Gasteiger partial charge in [-0.25, -0.2) is 24.3 Å². The van der Waals surface area contributed by atoms with E-state index in [2.05, 4.69) is 36.2 Å². The monoisotopic (exact) mass is 377 g/mol. The molecular formula is C20H20FN7. The van der Waals surface area contributed by atoms with Crippen molar-refractivity contribution < 1.29 is 4.39 Å². The minimum absolute atomic E-state index is 0.301. The molecule has 4 aromatic rings. The lowest BCUT2D eigenvalue weighted by Gasteiger charge is -2.18. The van der Waals surface area contributed by atoms with Crippen molar-refractivity contribution in [3.8, 4) is 11.4 Å². The van der Waals surface area contributed by atoms with E-state index in [4.69, 9.17) is 0 Å². The second kappa shape index (κ2) is 6.49. The highest BCUT2D eigenvalue weighted by Gasteiger charge is 2.21. The number of halogens is 1. The van der Waals surface area contributed by atoms with Crippen molar-refractivity contribution >= 4 is 22.4 Å². The number of anilines is 1. The van der Waals surface area contributed by atoms with Gasteiger partial charge in [-0.3, -0.25) is 0 Å². The summed E-state index contributed by atoms with van der Waals surface area (Å²) in [5.41, 5.74) is 3.32. The molecule has 1 atom stereocenters. The molecule has 4 aromatic heterocycles. The van der Waals surface area contributed by atoms with E-state index < -0.39 is 5.82 Å². The number of likely N-dealkylation sites (N-methyl/N-ethyl adjacent to an activating group) is 1. The molecule has 0 amide bonds. The maximum Gasteiger partial charge on any atom is 0.173 e. The first-order valence-electron chi connectivity index (χ1n) is 9.31. The predicted octanol–water partition coefficient (Wildman–Crippen LogP) is 2.59. The largest absolute Gasteiger partial charge is 0.369 e. The van der Waals surface area contributed by atoms with E-state index in [0.29, 0.717) is 28.7 Å². The summed E-state index contributed by atoms with van der Waals surface area (Å²) < 4.78 is 16.0. The van der Waals surface area contributed by atoms with Gasteiger partial charge in [0.1, 0.15) is 0 Å². The van der Waals surface area contributed by atoms with Crippen LogP contribution in [0.15, 0.2) is 36.9 Å².